The summed E-state index contributed by atoms with van der Waals surface area (Å²) in [5.41, 5.74) is 6.42. The van der Waals surface area contributed by atoms with E-state index in [-0.39, 0.29) is 5.91 Å². The molecule has 102 valence electrons. The highest BCUT2D eigenvalue weighted by molar-refractivity contribution is 7.21. The topological polar surface area (TPSA) is 94.0 Å². The summed E-state index contributed by atoms with van der Waals surface area (Å²) in [5, 5.41) is 11.3. The lowest BCUT2D eigenvalue weighted by atomic mass is 10.2. The minimum absolute atomic E-state index is 0.197. The van der Waals surface area contributed by atoms with Gasteiger partial charge in [-0.3, -0.25) is 4.79 Å². The number of aromatic nitrogens is 2. The summed E-state index contributed by atoms with van der Waals surface area (Å²) < 4.78 is 5.20. The molecule has 0 aliphatic rings. The Morgan fingerprint density at radius 2 is 2.35 bits per heavy atom. The molecule has 3 N–H and O–H groups in total. The second kappa shape index (κ2) is 5.30. The molecule has 0 saturated heterocycles. The van der Waals surface area contributed by atoms with E-state index >= 15 is 0 Å². The number of carbonyl (C=O) groups excluding carboxylic acids is 1. The molecular weight excluding hydrogens is 276 g/mol. The lowest BCUT2D eigenvalue weighted by Crippen LogP contribution is -2.25. The maximum absolute atomic E-state index is 12.1. The number of furan rings is 1. The highest BCUT2D eigenvalue weighted by Crippen LogP contribution is 2.31. The van der Waals surface area contributed by atoms with E-state index in [4.69, 9.17) is 10.2 Å². The first-order valence-corrected chi connectivity index (χ1v) is 6.87. The van der Waals surface area contributed by atoms with Crippen molar-refractivity contribution in [2.45, 2.75) is 6.42 Å². The quantitative estimate of drug-likeness (QED) is 0.764. The van der Waals surface area contributed by atoms with Crippen LogP contribution in [0.1, 0.15) is 15.4 Å². The molecule has 0 saturated carbocycles. The molecule has 0 aliphatic carbocycles. The average Bonchev–Trinajstić information content (AvgIpc) is 3.08. The Kier molecular flexibility index (Phi) is 3.34. The molecule has 0 bridgehead atoms. The van der Waals surface area contributed by atoms with Crippen LogP contribution in [-0.2, 0) is 6.42 Å². The standard InChI is InChI=1S/C13H12N4O2S/c14-10-9-4-6-16-17-13(9)20-11(10)12(18)15-5-3-8-2-1-7-19-8/h1-2,4,6-7H,3,5,14H2,(H,15,18). The van der Waals surface area contributed by atoms with Crippen molar-refractivity contribution in [1.29, 1.82) is 0 Å². The summed E-state index contributed by atoms with van der Waals surface area (Å²) in [7, 11) is 0. The molecule has 6 nitrogen and oxygen atoms in total. The van der Waals surface area contributed by atoms with Crippen LogP contribution in [-0.4, -0.2) is 22.6 Å². The summed E-state index contributed by atoms with van der Waals surface area (Å²) in [5.74, 6) is 0.637. The minimum atomic E-state index is -0.197. The molecule has 0 aliphatic heterocycles. The van der Waals surface area contributed by atoms with E-state index in [2.05, 4.69) is 15.5 Å². The number of anilines is 1. The van der Waals surface area contributed by atoms with Crippen LogP contribution >= 0.6 is 11.3 Å². The molecule has 0 aromatic carbocycles. The van der Waals surface area contributed by atoms with E-state index in [0.29, 0.717) is 28.4 Å². The van der Waals surface area contributed by atoms with Crippen molar-refractivity contribution in [2.24, 2.45) is 0 Å². The van der Waals surface area contributed by atoms with Crippen LogP contribution in [0.3, 0.4) is 0 Å². The highest BCUT2D eigenvalue weighted by Gasteiger charge is 2.16. The van der Waals surface area contributed by atoms with Crippen molar-refractivity contribution in [3.63, 3.8) is 0 Å². The molecule has 7 heteroatoms. The Hall–Kier alpha value is -2.41. The second-order valence-corrected chi connectivity index (χ2v) is 5.18. The van der Waals surface area contributed by atoms with Gasteiger partial charge < -0.3 is 15.5 Å². The van der Waals surface area contributed by atoms with Crippen LogP contribution in [0.2, 0.25) is 0 Å². The molecule has 3 rings (SSSR count). The number of nitrogens with zero attached hydrogens (tertiary/aromatic N) is 2. The lowest BCUT2D eigenvalue weighted by Gasteiger charge is -2.02. The van der Waals surface area contributed by atoms with E-state index in [1.807, 2.05) is 12.1 Å². The Morgan fingerprint density at radius 3 is 3.10 bits per heavy atom. The van der Waals surface area contributed by atoms with Crippen LogP contribution in [0.25, 0.3) is 10.2 Å². The van der Waals surface area contributed by atoms with Gasteiger partial charge in [0.25, 0.3) is 5.91 Å². The van der Waals surface area contributed by atoms with Crippen LogP contribution < -0.4 is 11.1 Å². The van der Waals surface area contributed by atoms with Gasteiger partial charge in [0.05, 0.1) is 18.1 Å². The summed E-state index contributed by atoms with van der Waals surface area (Å²) in [6.07, 6.45) is 3.81. The van der Waals surface area contributed by atoms with E-state index in [1.54, 1.807) is 18.5 Å². The van der Waals surface area contributed by atoms with Crippen molar-refractivity contribution >= 4 is 33.1 Å². The molecule has 3 heterocycles. The number of hydrogen-bond acceptors (Lipinski definition) is 6. The Labute approximate surface area is 118 Å². The Bertz CT molecular complexity index is 736. The smallest absolute Gasteiger partial charge is 0.263 e. The summed E-state index contributed by atoms with van der Waals surface area (Å²) in [6.45, 7) is 0.492. The molecule has 3 aromatic heterocycles. The molecule has 0 unspecified atom stereocenters. The fourth-order valence-electron chi connectivity index (χ4n) is 1.88. The third-order valence-electron chi connectivity index (χ3n) is 2.86. The zero-order chi connectivity index (χ0) is 13.9. The summed E-state index contributed by atoms with van der Waals surface area (Å²) in [4.78, 5) is 13.2. The monoisotopic (exact) mass is 288 g/mol. The molecule has 0 radical (unpaired) electrons. The number of fused-ring (bicyclic) bond motifs is 1. The van der Waals surface area contributed by atoms with Crippen LogP contribution in [0, 0.1) is 0 Å². The molecular formula is C13H12N4O2S. The largest absolute Gasteiger partial charge is 0.469 e. The van der Waals surface area contributed by atoms with Crippen LogP contribution in [0.4, 0.5) is 5.69 Å². The van der Waals surface area contributed by atoms with Gasteiger partial charge in [0.2, 0.25) is 0 Å². The van der Waals surface area contributed by atoms with Gasteiger partial charge in [-0.2, -0.15) is 5.10 Å². The highest BCUT2D eigenvalue weighted by atomic mass is 32.1. The van der Waals surface area contributed by atoms with E-state index in [0.717, 1.165) is 11.1 Å². The number of nitrogen functional groups attached to an aromatic ring is 1. The lowest BCUT2D eigenvalue weighted by molar-refractivity contribution is 0.0958. The van der Waals surface area contributed by atoms with Gasteiger partial charge in [-0.1, -0.05) is 0 Å². The van der Waals surface area contributed by atoms with Gasteiger partial charge in [0, 0.05) is 18.4 Å². The van der Waals surface area contributed by atoms with Gasteiger partial charge in [-0.15, -0.1) is 16.4 Å². The maximum atomic E-state index is 12.1. The predicted molar refractivity (Wildman–Crippen MR) is 76.6 cm³/mol. The molecule has 0 fully saturated rings. The molecule has 20 heavy (non-hydrogen) atoms. The van der Waals surface area contributed by atoms with Crippen molar-refractivity contribution in [3.8, 4) is 0 Å². The Morgan fingerprint density at radius 1 is 1.45 bits per heavy atom. The van der Waals surface area contributed by atoms with E-state index < -0.39 is 0 Å². The zero-order valence-corrected chi connectivity index (χ0v) is 11.3. The average molecular weight is 288 g/mol. The number of amides is 1. The predicted octanol–water partition coefficient (Wildman–Crippen LogP) is 1.84. The third kappa shape index (κ3) is 2.35. The minimum Gasteiger partial charge on any atom is -0.469 e. The van der Waals surface area contributed by atoms with Crippen molar-refractivity contribution in [1.82, 2.24) is 15.5 Å². The number of nitrogens with two attached hydrogens (primary N) is 1. The van der Waals surface area contributed by atoms with E-state index in [1.165, 1.54) is 11.3 Å². The van der Waals surface area contributed by atoms with Gasteiger partial charge in [0.1, 0.15) is 15.5 Å². The molecule has 1 amide bonds. The number of carbonyl (C=O) groups is 1. The fraction of sp³-hybridized carbons (Fsp3) is 0.154. The van der Waals surface area contributed by atoms with Gasteiger partial charge >= 0.3 is 0 Å². The first-order valence-electron chi connectivity index (χ1n) is 6.06. The number of rotatable bonds is 4. The Balaban J connectivity index is 1.71. The molecule has 3 aromatic rings. The number of hydrogen-bond donors (Lipinski definition) is 2. The van der Waals surface area contributed by atoms with Gasteiger partial charge in [-0.05, 0) is 18.2 Å². The van der Waals surface area contributed by atoms with Gasteiger partial charge in [0.15, 0.2) is 0 Å². The third-order valence-corrected chi connectivity index (χ3v) is 3.97. The fourth-order valence-corrected chi connectivity index (χ4v) is 2.83. The van der Waals surface area contributed by atoms with Crippen molar-refractivity contribution in [3.05, 3.63) is 41.3 Å². The zero-order valence-electron chi connectivity index (χ0n) is 10.5. The first-order chi connectivity index (χ1) is 9.75. The van der Waals surface area contributed by atoms with Crippen LogP contribution in [0.15, 0.2) is 35.1 Å². The van der Waals surface area contributed by atoms with Gasteiger partial charge in [-0.25, -0.2) is 0 Å². The van der Waals surface area contributed by atoms with Crippen molar-refractivity contribution < 1.29 is 9.21 Å². The first kappa shape index (κ1) is 12.6. The van der Waals surface area contributed by atoms with Crippen LogP contribution in [0.5, 0.6) is 0 Å². The number of thiophene rings is 1. The summed E-state index contributed by atoms with van der Waals surface area (Å²) in [6, 6.07) is 5.45. The summed E-state index contributed by atoms with van der Waals surface area (Å²) >= 11 is 1.25. The molecule has 0 atom stereocenters. The van der Waals surface area contributed by atoms with E-state index in [9.17, 15) is 4.79 Å². The SMILES string of the molecule is Nc1c(C(=O)NCCc2ccco2)sc2nnccc12. The van der Waals surface area contributed by atoms with Crippen molar-refractivity contribution in [2.75, 3.05) is 12.3 Å². The maximum Gasteiger partial charge on any atom is 0.263 e. The normalized spacial score (nSPS) is 10.8. The molecule has 0 spiro atoms. The second-order valence-electron chi connectivity index (χ2n) is 4.18. The number of nitrogens with one attached hydrogen (secondary N) is 1.